The van der Waals surface area contributed by atoms with Gasteiger partial charge in [-0.05, 0) is 24.6 Å². The maximum Gasteiger partial charge on any atom is 0.336 e. The minimum atomic E-state index is -1.21. The third-order valence-electron chi connectivity index (χ3n) is 2.80. The van der Waals surface area contributed by atoms with Crippen molar-refractivity contribution in [1.82, 2.24) is 0 Å². The van der Waals surface area contributed by atoms with Crippen molar-refractivity contribution in [2.45, 2.75) is 13.0 Å². The van der Waals surface area contributed by atoms with E-state index in [1.54, 1.807) is 13.0 Å². The molecule has 1 aromatic carbocycles. The van der Waals surface area contributed by atoms with Crippen molar-refractivity contribution < 1.29 is 24.1 Å². The highest BCUT2D eigenvalue weighted by molar-refractivity contribution is 6.32. The van der Waals surface area contributed by atoms with Crippen LogP contribution in [0.3, 0.4) is 0 Å². The van der Waals surface area contributed by atoms with Gasteiger partial charge < -0.3 is 19.3 Å². The molecule has 0 fully saturated rings. The second kappa shape index (κ2) is 6.15. The molecule has 0 radical (unpaired) electrons. The van der Waals surface area contributed by atoms with Crippen LogP contribution in [0.2, 0.25) is 5.02 Å². The standard InChI is InChI=1S/C14H15ClO5/c1-3-18-14(17)8(2)12(16)9-6-10(15)13-11(7-9)19-4-5-20-13/h6-7,12,16H,2-5H2,1H3. The minimum absolute atomic E-state index is 0.0559. The van der Waals surface area contributed by atoms with Gasteiger partial charge in [0, 0.05) is 0 Å². The number of carbonyl (C=O) groups excluding carboxylic acids is 1. The Bertz CT molecular complexity index is 541. The fourth-order valence-electron chi connectivity index (χ4n) is 1.83. The first kappa shape index (κ1) is 14.7. The van der Waals surface area contributed by atoms with E-state index in [0.717, 1.165) is 0 Å². The topological polar surface area (TPSA) is 65.0 Å². The van der Waals surface area contributed by atoms with Gasteiger partial charge in [-0.1, -0.05) is 18.2 Å². The number of hydrogen-bond donors (Lipinski definition) is 1. The second-order valence-electron chi connectivity index (χ2n) is 4.18. The Hall–Kier alpha value is -1.72. The van der Waals surface area contributed by atoms with Crippen LogP contribution in [-0.4, -0.2) is 30.9 Å². The first-order valence-corrected chi connectivity index (χ1v) is 6.55. The molecular formula is C14H15ClO5. The third-order valence-corrected chi connectivity index (χ3v) is 3.08. The van der Waals surface area contributed by atoms with Crippen LogP contribution < -0.4 is 9.47 Å². The molecular weight excluding hydrogens is 284 g/mol. The Labute approximate surface area is 121 Å². The molecule has 0 aromatic heterocycles. The first-order chi connectivity index (χ1) is 9.54. The number of fused-ring (bicyclic) bond motifs is 1. The van der Waals surface area contributed by atoms with E-state index >= 15 is 0 Å². The van der Waals surface area contributed by atoms with Crippen molar-refractivity contribution in [3.63, 3.8) is 0 Å². The van der Waals surface area contributed by atoms with Crippen LogP contribution in [0.15, 0.2) is 24.3 Å². The molecule has 1 unspecified atom stereocenters. The average Bonchev–Trinajstić information content (AvgIpc) is 2.46. The van der Waals surface area contributed by atoms with Crippen LogP contribution in [0.4, 0.5) is 0 Å². The van der Waals surface area contributed by atoms with E-state index < -0.39 is 12.1 Å². The summed E-state index contributed by atoms with van der Waals surface area (Å²) in [7, 11) is 0. The molecule has 108 valence electrons. The molecule has 20 heavy (non-hydrogen) atoms. The molecule has 1 N–H and O–H groups in total. The van der Waals surface area contributed by atoms with Gasteiger partial charge >= 0.3 is 5.97 Å². The van der Waals surface area contributed by atoms with E-state index in [0.29, 0.717) is 35.3 Å². The average molecular weight is 299 g/mol. The maximum absolute atomic E-state index is 11.6. The van der Waals surface area contributed by atoms with Crippen molar-refractivity contribution in [1.29, 1.82) is 0 Å². The highest BCUT2D eigenvalue weighted by Gasteiger charge is 2.24. The normalized spacial score (nSPS) is 14.6. The van der Waals surface area contributed by atoms with Gasteiger partial charge in [0.05, 0.1) is 17.2 Å². The van der Waals surface area contributed by atoms with Gasteiger partial charge in [-0.3, -0.25) is 0 Å². The largest absolute Gasteiger partial charge is 0.486 e. The number of aliphatic hydroxyl groups excluding tert-OH is 1. The lowest BCUT2D eigenvalue weighted by molar-refractivity contribution is -0.139. The van der Waals surface area contributed by atoms with Crippen LogP contribution in [0.25, 0.3) is 0 Å². The summed E-state index contributed by atoms with van der Waals surface area (Å²) in [5.41, 5.74) is 0.344. The number of benzene rings is 1. The lowest BCUT2D eigenvalue weighted by Gasteiger charge is -2.21. The summed E-state index contributed by atoms with van der Waals surface area (Å²) in [6, 6.07) is 3.10. The zero-order chi connectivity index (χ0) is 14.7. The summed E-state index contributed by atoms with van der Waals surface area (Å²) >= 11 is 6.07. The van der Waals surface area contributed by atoms with Crippen molar-refractivity contribution in [2.24, 2.45) is 0 Å². The third kappa shape index (κ3) is 2.89. The lowest BCUT2D eigenvalue weighted by Crippen LogP contribution is -2.17. The summed E-state index contributed by atoms with van der Waals surface area (Å²) in [6.07, 6.45) is -1.21. The van der Waals surface area contributed by atoms with Gasteiger partial charge in [0.1, 0.15) is 19.3 Å². The molecule has 1 aromatic rings. The molecule has 6 heteroatoms. The van der Waals surface area contributed by atoms with E-state index in [2.05, 4.69) is 6.58 Å². The highest BCUT2D eigenvalue weighted by Crippen LogP contribution is 2.40. The molecule has 0 aliphatic carbocycles. The predicted octanol–water partition coefficient (Wildman–Crippen LogP) is 2.26. The monoisotopic (exact) mass is 298 g/mol. The summed E-state index contributed by atoms with van der Waals surface area (Å²) in [6.45, 7) is 6.27. The molecule has 0 bridgehead atoms. The molecule has 0 amide bonds. The van der Waals surface area contributed by atoms with Crippen LogP contribution in [0.5, 0.6) is 11.5 Å². The lowest BCUT2D eigenvalue weighted by atomic mass is 10.0. The van der Waals surface area contributed by atoms with Crippen molar-refractivity contribution >= 4 is 17.6 Å². The molecule has 2 rings (SSSR count). The van der Waals surface area contributed by atoms with Crippen LogP contribution in [0, 0.1) is 0 Å². The van der Waals surface area contributed by atoms with Crippen molar-refractivity contribution in [3.05, 3.63) is 34.9 Å². The Kier molecular flexibility index (Phi) is 4.52. The molecule has 0 spiro atoms. The Morgan fingerprint density at radius 2 is 2.20 bits per heavy atom. The molecule has 5 nitrogen and oxygen atoms in total. The fourth-order valence-corrected chi connectivity index (χ4v) is 2.10. The Morgan fingerprint density at radius 3 is 2.90 bits per heavy atom. The van der Waals surface area contributed by atoms with E-state index in [9.17, 15) is 9.90 Å². The van der Waals surface area contributed by atoms with E-state index in [1.165, 1.54) is 6.07 Å². The molecule has 1 aliphatic rings. The molecule has 1 atom stereocenters. The smallest absolute Gasteiger partial charge is 0.336 e. The maximum atomic E-state index is 11.6. The zero-order valence-electron chi connectivity index (χ0n) is 11.0. The quantitative estimate of drug-likeness (QED) is 0.682. The predicted molar refractivity (Wildman–Crippen MR) is 73.2 cm³/mol. The highest BCUT2D eigenvalue weighted by atomic mass is 35.5. The SMILES string of the molecule is C=C(C(=O)OCC)C(O)c1cc(Cl)c2c(c1)OCCO2. The number of carbonyl (C=O) groups is 1. The fraction of sp³-hybridized carbons (Fsp3) is 0.357. The number of rotatable bonds is 4. The summed E-state index contributed by atoms with van der Waals surface area (Å²) in [5, 5.41) is 10.5. The van der Waals surface area contributed by atoms with Gasteiger partial charge in [0.25, 0.3) is 0 Å². The second-order valence-corrected chi connectivity index (χ2v) is 4.58. The number of esters is 1. The van der Waals surface area contributed by atoms with Gasteiger partial charge in [-0.25, -0.2) is 4.79 Å². The first-order valence-electron chi connectivity index (χ1n) is 6.17. The van der Waals surface area contributed by atoms with Crippen molar-refractivity contribution in [3.8, 4) is 11.5 Å². The Morgan fingerprint density at radius 1 is 1.50 bits per heavy atom. The summed E-state index contributed by atoms with van der Waals surface area (Å²) < 4.78 is 15.6. The zero-order valence-corrected chi connectivity index (χ0v) is 11.8. The van der Waals surface area contributed by atoms with Crippen LogP contribution in [-0.2, 0) is 9.53 Å². The van der Waals surface area contributed by atoms with Crippen LogP contribution >= 0.6 is 11.6 Å². The minimum Gasteiger partial charge on any atom is -0.486 e. The van der Waals surface area contributed by atoms with Crippen molar-refractivity contribution in [2.75, 3.05) is 19.8 Å². The molecule has 1 heterocycles. The van der Waals surface area contributed by atoms with Gasteiger partial charge in [-0.15, -0.1) is 0 Å². The summed E-state index contributed by atoms with van der Waals surface area (Å²) in [4.78, 5) is 11.6. The molecule has 0 saturated carbocycles. The number of aliphatic hydroxyl groups is 1. The van der Waals surface area contributed by atoms with Gasteiger partial charge in [0.2, 0.25) is 0 Å². The number of halogens is 1. The number of hydrogen-bond acceptors (Lipinski definition) is 5. The van der Waals surface area contributed by atoms with Gasteiger partial charge in [-0.2, -0.15) is 0 Å². The number of ether oxygens (including phenoxy) is 3. The van der Waals surface area contributed by atoms with Gasteiger partial charge in [0.15, 0.2) is 11.5 Å². The van der Waals surface area contributed by atoms with E-state index in [4.69, 9.17) is 25.8 Å². The Balaban J connectivity index is 2.26. The summed E-state index contributed by atoms with van der Waals surface area (Å²) in [5.74, 6) is 0.232. The van der Waals surface area contributed by atoms with E-state index in [-0.39, 0.29) is 12.2 Å². The van der Waals surface area contributed by atoms with E-state index in [1.807, 2.05) is 0 Å². The molecule has 0 saturated heterocycles. The van der Waals surface area contributed by atoms with Crippen LogP contribution in [0.1, 0.15) is 18.6 Å². The molecule has 1 aliphatic heterocycles.